The largest absolute Gasteiger partial charge is 0.309 e. The summed E-state index contributed by atoms with van der Waals surface area (Å²) >= 11 is 0. The molecule has 0 aromatic heterocycles. The molecule has 0 radical (unpaired) electrons. The molecule has 1 fully saturated rings. The van der Waals surface area contributed by atoms with Crippen LogP contribution in [-0.2, 0) is 0 Å². The molecule has 1 unspecified atom stereocenters. The van der Waals surface area contributed by atoms with E-state index in [0.717, 1.165) is 6.54 Å². The Morgan fingerprint density at radius 3 is 2.56 bits per heavy atom. The fourth-order valence-electron chi connectivity index (χ4n) is 3.05. The molecule has 1 heterocycles. The Bertz CT molecular complexity index is 237. The van der Waals surface area contributed by atoms with Gasteiger partial charge in [-0.05, 0) is 25.2 Å². The second kappa shape index (κ2) is 6.91. The maximum Gasteiger partial charge on any atom is 0.0278 e. The maximum atomic E-state index is 3.67. The molecule has 0 aromatic rings. The summed E-state index contributed by atoms with van der Waals surface area (Å²) in [5.74, 6) is 0. The second-order valence-electron chi connectivity index (χ2n) is 7.17. The Balaban J connectivity index is 2.40. The molecule has 2 heteroatoms. The number of nitrogens with one attached hydrogen (secondary N) is 1. The molecular formula is C16H34N2. The van der Waals surface area contributed by atoms with Gasteiger partial charge >= 0.3 is 0 Å². The highest BCUT2D eigenvalue weighted by Crippen LogP contribution is 2.27. The van der Waals surface area contributed by atoms with E-state index >= 15 is 0 Å². The molecular weight excluding hydrogens is 220 g/mol. The van der Waals surface area contributed by atoms with Crippen LogP contribution in [0, 0.1) is 5.41 Å². The lowest BCUT2D eigenvalue weighted by Gasteiger charge is -2.44. The van der Waals surface area contributed by atoms with E-state index in [1.165, 1.54) is 51.7 Å². The van der Waals surface area contributed by atoms with Crippen molar-refractivity contribution in [1.82, 2.24) is 10.2 Å². The van der Waals surface area contributed by atoms with Crippen LogP contribution >= 0.6 is 0 Å². The van der Waals surface area contributed by atoms with Crippen LogP contribution in [0.5, 0.6) is 0 Å². The predicted octanol–water partition coefficient (Wildman–Crippen LogP) is 3.67. The minimum atomic E-state index is 0.331. The highest BCUT2D eigenvalue weighted by atomic mass is 15.2. The van der Waals surface area contributed by atoms with E-state index in [2.05, 4.69) is 44.8 Å². The van der Waals surface area contributed by atoms with E-state index in [1.54, 1.807) is 0 Å². The van der Waals surface area contributed by atoms with Gasteiger partial charge in [0, 0.05) is 31.7 Å². The molecule has 1 N–H and O–H groups in total. The first-order valence-corrected chi connectivity index (χ1v) is 7.88. The molecule has 0 saturated carbocycles. The van der Waals surface area contributed by atoms with Crippen molar-refractivity contribution in [3.63, 3.8) is 0 Å². The number of rotatable bonds is 7. The summed E-state index contributed by atoms with van der Waals surface area (Å²) in [4.78, 5) is 2.67. The lowest BCUT2D eigenvalue weighted by molar-refractivity contribution is 0.0938. The highest BCUT2D eigenvalue weighted by Gasteiger charge is 2.31. The van der Waals surface area contributed by atoms with Crippen LogP contribution in [-0.4, -0.2) is 36.6 Å². The fourth-order valence-corrected chi connectivity index (χ4v) is 3.05. The molecule has 2 nitrogen and oxygen atoms in total. The van der Waals surface area contributed by atoms with Crippen molar-refractivity contribution in [2.75, 3.05) is 26.2 Å². The predicted molar refractivity (Wildman–Crippen MR) is 81.1 cm³/mol. The van der Waals surface area contributed by atoms with Crippen molar-refractivity contribution >= 4 is 0 Å². The number of nitrogens with zero attached hydrogens (tertiary/aromatic N) is 1. The van der Waals surface area contributed by atoms with Crippen LogP contribution in [0.1, 0.15) is 66.7 Å². The van der Waals surface area contributed by atoms with Crippen LogP contribution in [0.2, 0.25) is 0 Å². The normalized spacial score (nSPS) is 26.5. The molecule has 1 rings (SSSR count). The number of hydrogen-bond donors (Lipinski definition) is 1. The van der Waals surface area contributed by atoms with E-state index in [4.69, 9.17) is 0 Å². The second-order valence-corrected chi connectivity index (χ2v) is 7.17. The zero-order valence-corrected chi connectivity index (χ0v) is 13.3. The van der Waals surface area contributed by atoms with Crippen LogP contribution in [0.15, 0.2) is 0 Å². The van der Waals surface area contributed by atoms with Crippen molar-refractivity contribution in [2.45, 2.75) is 72.3 Å². The average molecular weight is 254 g/mol. The first kappa shape index (κ1) is 16.0. The quantitative estimate of drug-likeness (QED) is 0.697. The van der Waals surface area contributed by atoms with Crippen molar-refractivity contribution in [2.24, 2.45) is 5.41 Å². The zero-order chi connectivity index (χ0) is 13.6. The zero-order valence-electron chi connectivity index (χ0n) is 13.3. The molecule has 18 heavy (non-hydrogen) atoms. The van der Waals surface area contributed by atoms with Gasteiger partial charge in [-0.25, -0.2) is 0 Å². The first-order valence-electron chi connectivity index (χ1n) is 7.88. The summed E-state index contributed by atoms with van der Waals surface area (Å²) in [6.45, 7) is 16.7. The lowest BCUT2D eigenvalue weighted by atomic mass is 9.85. The fraction of sp³-hybridized carbons (Fsp3) is 1.00. The third kappa shape index (κ3) is 5.27. The molecule has 0 spiro atoms. The SMILES string of the molecule is CCCCCC(C)(C)CN1CCNC(C)(CC)C1. The third-order valence-electron chi connectivity index (χ3n) is 4.44. The molecule has 0 aromatic carbocycles. The summed E-state index contributed by atoms with van der Waals surface area (Å²) in [5, 5.41) is 3.67. The summed E-state index contributed by atoms with van der Waals surface area (Å²) in [6.07, 6.45) is 6.70. The van der Waals surface area contributed by atoms with Crippen molar-refractivity contribution in [3.8, 4) is 0 Å². The molecule has 0 bridgehead atoms. The molecule has 1 aliphatic rings. The Kier molecular flexibility index (Phi) is 6.13. The molecule has 1 atom stereocenters. The van der Waals surface area contributed by atoms with Crippen molar-refractivity contribution in [3.05, 3.63) is 0 Å². The topological polar surface area (TPSA) is 15.3 Å². The highest BCUT2D eigenvalue weighted by molar-refractivity contribution is 4.91. The van der Waals surface area contributed by atoms with Crippen LogP contribution in [0.4, 0.5) is 0 Å². The average Bonchev–Trinajstić information content (AvgIpc) is 2.28. The van der Waals surface area contributed by atoms with Gasteiger partial charge in [-0.15, -0.1) is 0 Å². The van der Waals surface area contributed by atoms with Gasteiger partial charge in [-0.2, -0.15) is 0 Å². The Labute approximate surface area is 115 Å². The molecule has 0 aliphatic carbocycles. The van der Waals surface area contributed by atoms with Gasteiger partial charge in [-0.1, -0.05) is 47.0 Å². The number of piperazine rings is 1. The van der Waals surface area contributed by atoms with Crippen molar-refractivity contribution < 1.29 is 0 Å². The lowest BCUT2D eigenvalue weighted by Crippen LogP contribution is -2.59. The number of unbranched alkanes of at least 4 members (excludes halogenated alkanes) is 2. The van der Waals surface area contributed by atoms with Gasteiger partial charge in [-0.3, -0.25) is 4.90 Å². The van der Waals surface area contributed by atoms with Gasteiger partial charge < -0.3 is 5.32 Å². The smallest absolute Gasteiger partial charge is 0.0278 e. The van der Waals surface area contributed by atoms with Gasteiger partial charge in [0.2, 0.25) is 0 Å². The van der Waals surface area contributed by atoms with E-state index < -0.39 is 0 Å². The monoisotopic (exact) mass is 254 g/mol. The van der Waals surface area contributed by atoms with Gasteiger partial charge in [0.15, 0.2) is 0 Å². The summed E-state index contributed by atoms with van der Waals surface area (Å²) in [5.41, 5.74) is 0.804. The third-order valence-corrected chi connectivity index (χ3v) is 4.44. The van der Waals surface area contributed by atoms with E-state index in [-0.39, 0.29) is 0 Å². The van der Waals surface area contributed by atoms with Gasteiger partial charge in [0.05, 0.1) is 0 Å². The standard InChI is InChI=1S/C16H34N2/c1-6-8-9-10-15(3,4)13-18-12-11-17-16(5,7-2)14-18/h17H,6-14H2,1-5H3. The van der Waals surface area contributed by atoms with Gasteiger partial charge in [0.25, 0.3) is 0 Å². The minimum Gasteiger partial charge on any atom is -0.309 e. The Hall–Kier alpha value is -0.0800. The summed E-state index contributed by atoms with van der Waals surface area (Å²) in [7, 11) is 0. The van der Waals surface area contributed by atoms with Crippen molar-refractivity contribution in [1.29, 1.82) is 0 Å². The maximum absolute atomic E-state index is 3.67. The van der Waals surface area contributed by atoms with Gasteiger partial charge in [0.1, 0.15) is 0 Å². The molecule has 0 amide bonds. The summed E-state index contributed by atoms with van der Waals surface area (Å²) in [6, 6.07) is 0. The molecule has 108 valence electrons. The number of hydrogen-bond acceptors (Lipinski definition) is 2. The Morgan fingerprint density at radius 2 is 1.94 bits per heavy atom. The minimum absolute atomic E-state index is 0.331. The molecule has 1 saturated heterocycles. The summed E-state index contributed by atoms with van der Waals surface area (Å²) < 4.78 is 0. The van der Waals surface area contributed by atoms with E-state index in [1.807, 2.05) is 0 Å². The van der Waals surface area contributed by atoms with Crippen LogP contribution in [0.3, 0.4) is 0 Å². The van der Waals surface area contributed by atoms with E-state index in [9.17, 15) is 0 Å². The molecule has 1 aliphatic heterocycles. The Morgan fingerprint density at radius 1 is 1.22 bits per heavy atom. The van der Waals surface area contributed by atoms with E-state index in [0.29, 0.717) is 11.0 Å². The van der Waals surface area contributed by atoms with Crippen LogP contribution in [0.25, 0.3) is 0 Å². The van der Waals surface area contributed by atoms with Crippen LogP contribution < -0.4 is 5.32 Å². The first-order chi connectivity index (χ1) is 8.41.